The number of nitrogens with one attached hydrogen (secondary N) is 1. The molecule has 0 saturated carbocycles. The van der Waals surface area contributed by atoms with Crippen molar-refractivity contribution in [3.05, 3.63) is 34.9 Å². The molecule has 17 heavy (non-hydrogen) atoms. The van der Waals surface area contributed by atoms with E-state index in [2.05, 4.69) is 5.32 Å². The Balaban J connectivity index is 1.93. The molecule has 0 aromatic heterocycles. The van der Waals surface area contributed by atoms with Crippen molar-refractivity contribution in [2.75, 3.05) is 26.2 Å². The molecule has 1 N–H and O–H groups in total. The van der Waals surface area contributed by atoms with Crippen LogP contribution in [0.25, 0.3) is 0 Å². The third-order valence-electron chi connectivity index (χ3n) is 3.04. The molecule has 0 bridgehead atoms. The number of benzene rings is 1. The quantitative estimate of drug-likeness (QED) is 0.888. The summed E-state index contributed by atoms with van der Waals surface area (Å²) in [6.45, 7) is 3.23. The number of hydrogen-bond donors (Lipinski definition) is 1. The van der Waals surface area contributed by atoms with Crippen LogP contribution in [0.2, 0.25) is 5.02 Å². The highest BCUT2D eigenvalue weighted by Gasteiger charge is 2.15. The lowest BCUT2D eigenvalue weighted by Crippen LogP contribution is -2.34. The van der Waals surface area contributed by atoms with E-state index in [9.17, 15) is 4.79 Å². The molecule has 0 aliphatic carbocycles. The van der Waals surface area contributed by atoms with Gasteiger partial charge >= 0.3 is 0 Å². The third-order valence-corrected chi connectivity index (χ3v) is 3.40. The maximum Gasteiger partial charge on any atom is 0.223 e. The Morgan fingerprint density at radius 2 is 2.12 bits per heavy atom. The number of amides is 1. The van der Waals surface area contributed by atoms with Crippen LogP contribution in [0.15, 0.2) is 24.3 Å². The Labute approximate surface area is 107 Å². The monoisotopic (exact) mass is 252 g/mol. The minimum Gasteiger partial charge on any atom is -0.341 e. The summed E-state index contributed by atoms with van der Waals surface area (Å²) < 4.78 is 0. The summed E-state index contributed by atoms with van der Waals surface area (Å²) in [6, 6.07) is 7.81. The zero-order valence-electron chi connectivity index (χ0n) is 9.79. The fourth-order valence-electron chi connectivity index (χ4n) is 2.01. The van der Waals surface area contributed by atoms with E-state index in [-0.39, 0.29) is 5.91 Å². The van der Waals surface area contributed by atoms with Gasteiger partial charge in [-0.15, -0.1) is 0 Å². The molecule has 2 rings (SSSR count). The minimum atomic E-state index is 0.238. The van der Waals surface area contributed by atoms with Crippen LogP contribution in [0.5, 0.6) is 0 Å². The second-order valence-electron chi connectivity index (χ2n) is 4.22. The van der Waals surface area contributed by atoms with Crippen LogP contribution >= 0.6 is 11.6 Å². The van der Waals surface area contributed by atoms with Gasteiger partial charge in [0.25, 0.3) is 0 Å². The average Bonchev–Trinajstić information content (AvgIpc) is 2.53. The second-order valence-corrected chi connectivity index (χ2v) is 4.63. The number of rotatable bonds is 3. The lowest BCUT2D eigenvalue weighted by molar-refractivity contribution is -0.130. The normalized spacial score (nSPS) is 17.0. The Hall–Kier alpha value is -1.06. The van der Waals surface area contributed by atoms with Gasteiger partial charge in [-0.3, -0.25) is 4.79 Å². The summed E-state index contributed by atoms with van der Waals surface area (Å²) in [6.07, 6.45) is 1.42. The molecule has 4 heteroatoms. The lowest BCUT2D eigenvalue weighted by Gasteiger charge is -2.20. The van der Waals surface area contributed by atoms with E-state index < -0.39 is 0 Å². The Kier molecular flexibility index (Phi) is 4.40. The van der Waals surface area contributed by atoms with Crippen LogP contribution in [0, 0.1) is 0 Å². The summed E-state index contributed by atoms with van der Waals surface area (Å²) in [5.41, 5.74) is 1.11. The fraction of sp³-hybridized carbons (Fsp3) is 0.462. The maximum atomic E-state index is 11.8. The summed E-state index contributed by atoms with van der Waals surface area (Å²) in [5.74, 6) is 0.238. The highest BCUT2D eigenvalue weighted by molar-refractivity contribution is 6.31. The van der Waals surface area contributed by atoms with Crippen LogP contribution in [0.3, 0.4) is 0 Å². The maximum absolute atomic E-state index is 11.8. The first-order valence-corrected chi connectivity index (χ1v) is 6.37. The first-order valence-electron chi connectivity index (χ1n) is 5.99. The molecule has 1 amide bonds. The van der Waals surface area contributed by atoms with Crippen molar-refractivity contribution in [1.29, 1.82) is 0 Å². The van der Waals surface area contributed by atoms with Crippen LogP contribution in [-0.4, -0.2) is 37.0 Å². The van der Waals surface area contributed by atoms with Gasteiger partial charge in [-0.05, 0) is 18.1 Å². The van der Waals surface area contributed by atoms with Gasteiger partial charge in [0.1, 0.15) is 0 Å². The minimum absolute atomic E-state index is 0.238. The van der Waals surface area contributed by atoms with Crippen molar-refractivity contribution in [3.8, 4) is 0 Å². The van der Waals surface area contributed by atoms with E-state index in [0.29, 0.717) is 6.42 Å². The third kappa shape index (κ3) is 3.45. The van der Waals surface area contributed by atoms with E-state index in [4.69, 9.17) is 11.6 Å². The Morgan fingerprint density at radius 1 is 1.29 bits per heavy atom. The lowest BCUT2D eigenvalue weighted by atomic mass is 10.1. The molecule has 92 valence electrons. The molecule has 1 saturated heterocycles. The molecule has 1 fully saturated rings. The zero-order valence-corrected chi connectivity index (χ0v) is 10.5. The van der Waals surface area contributed by atoms with Gasteiger partial charge in [-0.25, -0.2) is 0 Å². The second kappa shape index (κ2) is 6.03. The van der Waals surface area contributed by atoms with Gasteiger partial charge in [-0.1, -0.05) is 29.8 Å². The van der Waals surface area contributed by atoms with E-state index >= 15 is 0 Å². The molecule has 0 atom stereocenters. The van der Waals surface area contributed by atoms with Crippen LogP contribution in [0.1, 0.15) is 12.0 Å². The number of hydrogen-bond acceptors (Lipinski definition) is 2. The Bertz CT molecular complexity index is 395. The van der Waals surface area contributed by atoms with Crippen molar-refractivity contribution in [1.82, 2.24) is 10.2 Å². The van der Waals surface area contributed by atoms with Crippen molar-refractivity contribution < 1.29 is 4.79 Å². The highest BCUT2D eigenvalue weighted by atomic mass is 35.5. The van der Waals surface area contributed by atoms with Gasteiger partial charge in [-0.2, -0.15) is 0 Å². The standard InChI is InChI=1S/C13H17ClN2O/c14-12-4-2-1-3-11(12)6-9-16-10-8-15-7-5-13(16)17/h1-4,15H,5-10H2. The van der Waals surface area contributed by atoms with Crippen molar-refractivity contribution in [3.63, 3.8) is 0 Å². The SMILES string of the molecule is O=C1CCNCCN1CCc1ccccc1Cl. The number of nitrogens with zero attached hydrogens (tertiary/aromatic N) is 1. The van der Waals surface area contributed by atoms with Crippen molar-refractivity contribution in [2.24, 2.45) is 0 Å². The smallest absolute Gasteiger partial charge is 0.223 e. The van der Waals surface area contributed by atoms with Gasteiger partial charge in [0.05, 0.1) is 0 Å². The van der Waals surface area contributed by atoms with Gasteiger partial charge < -0.3 is 10.2 Å². The highest BCUT2D eigenvalue weighted by Crippen LogP contribution is 2.15. The first-order chi connectivity index (χ1) is 8.27. The van der Waals surface area contributed by atoms with E-state index in [0.717, 1.165) is 43.2 Å². The molecule has 0 unspecified atom stereocenters. The predicted octanol–water partition coefficient (Wildman–Crippen LogP) is 1.70. The van der Waals surface area contributed by atoms with Gasteiger partial charge in [0, 0.05) is 37.6 Å². The first kappa shape index (κ1) is 12.4. The van der Waals surface area contributed by atoms with Gasteiger partial charge in [0.2, 0.25) is 5.91 Å². The number of carbonyl (C=O) groups is 1. The van der Waals surface area contributed by atoms with Gasteiger partial charge in [0.15, 0.2) is 0 Å². The number of carbonyl (C=O) groups excluding carboxylic acids is 1. The van der Waals surface area contributed by atoms with E-state index in [1.807, 2.05) is 29.2 Å². The van der Waals surface area contributed by atoms with Crippen LogP contribution in [0.4, 0.5) is 0 Å². The largest absolute Gasteiger partial charge is 0.341 e. The topological polar surface area (TPSA) is 32.3 Å². The molecular formula is C13H17ClN2O. The molecule has 0 radical (unpaired) electrons. The fourth-order valence-corrected chi connectivity index (χ4v) is 2.24. The molecule has 1 aromatic carbocycles. The summed E-state index contributed by atoms with van der Waals surface area (Å²) >= 11 is 6.09. The zero-order chi connectivity index (χ0) is 12.1. The van der Waals surface area contributed by atoms with E-state index in [1.54, 1.807) is 0 Å². The molecule has 1 aliphatic rings. The molecule has 1 heterocycles. The van der Waals surface area contributed by atoms with Crippen LogP contribution in [-0.2, 0) is 11.2 Å². The van der Waals surface area contributed by atoms with Crippen molar-refractivity contribution >= 4 is 17.5 Å². The Morgan fingerprint density at radius 3 is 2.94 bits per heavy atom. The number of halogens is 1. The molecular weight excluding hydrogens is 236 g/mol. The van der Waals surface area contributed by atoms with E-state index in [1.165, 1.54) is 0 Å². The molecule has 1 aliphatic heterocycles. The van der Waals surface area contributed by atoms with Crippen LogP contribution < -0.4 is 5.32 Å². The summed E-state index contributed by atoms with van der Waals surface area (Å²) in [4.78, 5) is 13.7. The summed E-state index contributed by atoms with van der Waals surface area (Å²) in [7, 11) is 0. The molecule has 0 spiro atoms. The van der Waals surface area contributed by atoms with Crippen molar-refractivity contribution in [2.45, 2.75) is 12.8 Å². The molecule has 1 aromatic rings. The predicted molar refractivity (Wildman–Crippen MR) is 69.2 cm³/mol. The average molecular weight is 253 g/mol. The summed E-state index contributed by atoms with van der Waals surface area (Å²) in [5, 5.41) is 4.01. The molecule has 3 nitrogen and oxygen atoms in total.